The molecule has 0 aromatic heterocycles. The van der Waals surface area contributed by atoms with Crippen LogP contribution in [0.5, 0.6) is 0 Å². The molecule has 0 saturated carbocycles. The SMILES string of the molecule is CC#CCCC(NC)c1cc(F)c(F)c(F)c1. The molecule has 92 valence electrons. The lowest BCUT2D eigenvalue weighted by atomic mass is 10.0. The van der Waals surface area contributed by atoms with Gasteiger partial charge < -0.3 is 5.32 Å². The third kappa shape index (κ3) is 3.50. The second-order valence-electron chi connectivity index (χ2n) is 3.61. The van der Waals surface area contributed by atoms with Gasteiger partial charge >= 0.3 is 0 Å². The zero-order valence-corrected chi connectivity index (χ0v) is 9.78. The highest BCUT2D eigenvalue weighted by Crippen LogP contribution is 2.22. The Hall–Kier alpha value is -1.47. The topological polar surface area (TPSA) is 12.0 Å². The van der Waals surface area contributed by atoms with Crippen molar-refractivity contribution in [1.29, 1.82) is 0 Å². The van der Waals surface area contributed by atoms with Crippen LogP contribution < -0.4 is 5.32 Å². The Bertz CT molecular complexity index is 423. The quantitative estimate of drug-likeness (QED) is 0.630. The van der Waals surface area contributed by atoms with Crippen LogP contribution in [0.4, 0.5) is 13.2 Å². The highest BCUT2D eigenvalue weighted by molar-refractivity contribution is 5.23. The van der Waals surface area contributed by atoms with Crippen LogP contribution in [0, 0.1) is 29.3 Å². The van der Waals surface area contributed by atoms with E-state index in [1.807, 2.05) is 0 Å². The second-order valence-corrected chi connectivity index (χ2v) is 3.61. The third-order valence-corrected chi connectivity index (χ3v) is 2.49. The number of rotatable bonds is 4. The molecule has 0 heterocycles. The standard InChI is InChI=1S/C13H14F3N/c1-3-4-5-6-12(17-2)9-7-10(14)13(16)11(15)8-9/h7-8,12,17H,5-6H2,1-2H3. The molecule has 0 spiro atoms. The summed E-state index contributed by atoms with van der Waals surface area (Å²) in [5, 5.41) is 2.93. The van der Waals surface area contributed by atoms with Crippen LogP contribution in [-0.2, 0) is 0 Å². The van der Waals surface area contributed by atoms with E-state index in [1.54, 1.807) is 14.0 Å². The van der Waals surface area contributed by atoms with Crippen LogP contribution in [0.15, 0.2) is 12.1 Å². The molecule has 1 atom stereocenters. The molecule has 0 aliphatic heterocycles. The lowest BCUT2D eigenvalue weighted by Crippen LogP contribution is -2.17. The average molecular weight is 241 g/mol. The van der Waals surface area contributed by atoms with E-state index in [0.717, 1.165) is 12.1 Å². The van der Waals surface area contributed by atoms with Gasteiger partial charge in [0.2, 0.25) is 0 Å². The molecule has 0 aliphatic rings. The maximum atomic E-state index is 13.1. The van der Waals surface area contributed by atoms with Crippen molar-refractivity contribution < 1.29 is 13.2 Å². The normalized spacial score (nSPS) is 11.8. The smallest absolute Gasteiger partial charge is 0.194 e. The summed E-state index contributed by atoms with van der Waals surface area (Å²) in [5.74, 6) is 1.85. The van der Waals surface area contributed by atoms with Gasteiger partial charge in [0, 0.05) is 12.5 Å². The van der Waals surface area contributed by atoms with Crippen molar-refractivity contribution in [3.05, 3.63) is 35.1 Å². The van der Waals surface area contributed by atoms with Crippen molar-refractivity contribution in [2.24, 2.45) is 0 Å². The molecule has 17 heavy (non-hydrogen) atoms. The van der Waals surface area contributed by atoms with Crippen LogP contribution in [0.2, 0.25) is 0 Å². The van der Waals surface area contributed by atoms with E-state index in [2.05, 4.69) is 17.2 Å². The lowest BCUT2D eigenvalue weighted by Gasteiger charge is -2.15. The lowest BCUT2D eigenvalue weighted by molar-refractivity contribution is 0.439. The molecule has 0 bridgehead atoms. The summed E-state index contributed by atoms with van der Waals surface area (Å²) < 4.78 is 38.9. The van der Waals surface area contributed by atoms with Gasteiger partial charge in [0.15, 0.2) is 17.5 Å². The monoisotopic (exact) mass is 241 g/mol. The largest absolute Gasteiger partial charge is 0.313 e. The Labute approximate surface area is 99.0 Å². The summed E-state index contributed by atoms with van der Waals surface area (Å²) in [6.07, 6.45) is 1.23. The van der Waals surface area contributed by atoms with E-state index in [-0.39, 0.29) is 6.04 Å². The molecule has 0 amide bonds. The fourth-order valence-corrected chi connectivity index (χ4v) is 1.60. The van der Waals surface area contributed by atoms with E-state index in [0.29, 0.717) is 18.4 Å². The predicted molar refractivity (Wildman–Crippen MR) is 60.8 cm³/mol. The first-order valence-corrected chi connectivity index (χ1v) is 5.31. The maximum Gasteiger partial charge on any atom is 0.194 e. The minimum atomic E-state index is -1.43. The summed E-state index contributed by atoms with van der Waals surface area (Å²) in [6, 6.07) is 1.79. The molecule has 0 saturated heterocycles. The molecular weight excluding hydrogens is 227 g/mol. The van der Waals surface area contributed by atoms with Crippen molar-refractivity contribution in [3.8, 4) is 11.8 Å². The van der Waals surface area contributed by atoms with Crippen molar-refractivity contribution >= 4 is 0 Å². The molecule has 1 unspecified atom stereocenters. The number of nitrogens with one attached hydrogen (secondary N) is 1. The predicted octanol–water partition coefficient (Wildman–Crippen LogP) is 3.17. The molecule has 1 aromatic rings. The fraction of sp³-hybridized carbons (Fsp3) is 0.385. The van der Waals surface area contributed by atoms with Crippen molar-refractivity contribution in [3.63, 3.8) is 0 Å². The molecular formula is C13H14F3N. The van der Waals surface area contributed by atoms with Gasteiger partial charge in [-0.05, 0) is 38.1 Å². The fourth-order valence-electron chi connectivity index (χ4n) is 1.60. The van der Waals surface area contributed by atoms with E-state index in [4.69, 9.17) is 0 Å². The summed E-state index contributed by atoms with van der Waals surface area (Å²) in [7, 11) is 1.68. The first-order chi connectivity index (χ1) is 8.10. The van der Waals surface area contributed by atoms with Crippen LogP contribution in [0.3, 0.4) is 0 Å². The van der Waals surface area contributed by atoms with Gasteiger partial charge in [0.1, 0.15) is 0 Å². The molecule has 4 heteroatoms. The summed E-state index contributed by atoms with van der Waals surface area (Å²) in [4.78, 5) is 0. The first-order valence-electron chi connectivity index (χ1n) is 5.31. The van der Waals surface area contributed by atoms with E-state index in [9.17, 15) is 13.2 Å². The van der Waals surface area contributed by atoms with Gasteiger partial charge in [-0.15, -0.1) is 11.8 Å². The van der Waals surface area contributed by atoms with E-state index >= 15 is 0 Å². The summed E-state index contributed by atoms with van der Waals surface area (Å²) >= 11 is 0. The van der Waals surface area contributed by atoms with Crippen LogP contribution in [0.1, 0.15) is 31.4 Å². The van der Waals surface area contributed by atoms with Gasteiger partial charge in [0.05, 0.1) is 0 Å². The van der Waals surface area contributed by atoms with Gasteiger partial charge in [-0.25, -0.2) is 13.2 Å². The van der Waals surface area contributed by atoms with Crippen LogP contribution in [0.25, 0.3) is 0 Å². The number of benzene rings is 1. The number of hydrogen-bond acceptors (Lipinski definition) is 1. The van der Waals surface area contributed by atoms with Crippen molar-refractivity contribution in [1.82, 2.24) is 5.32 Å². The van der Waals surface area contributed by atoms with Gasteiger partial charge in [-0.1, -0.05) is 0 Å². The summed E-state index contributed by atoms with van der Waals surface area (Å²) in [5.41, 5.74) is 0.391. The van der Waals surface area contributed by atoms with Gasteiger partial charge in [0.25, 0.3) is 0 Å². The van der Waals surface area contributed by atoms with Crippen LogP contribution in [-0.4, -0.2) is 7.05 Å². The maximum absolute atomic E-state index is 13.1. The zero-order chi connectivity index (χ0) is 12.8. The molecule has 0 aliphatic carbocycles. The molecule has 1 aromatic carbocycles. The molecule has 1 N–H and O–H groups in total. The third-order valence-electron chi connectivity index (χ3n) is 2.49. The number of hydrogen-bond donors (Lipinski definition) is 1. The first kappa shape index (κ1) is 13.6. The van der Waals surface area contributed by atoms with Crippen molar-refractivity contribution in [2.45, 2.75) is 25.8 Å². The Morgan fingerprint density at radius 2 is 1.82 bits per heavy atom. The summed E-state index contributed by atoms with van der Waals surface area (Å²) in [6.45, 7) is 1.73. The Morgan fingerprint density at radius 1 is 1.24 bits per heavy atom. The molecule has 0 fully saturated rings. The van der Waals surface area contributed by atoms with E-state index in [1.165, 1.54) is 0 Å². The Balaban J connectivity index is 2.90. The van der Waals surface area contributed by atoms with Crippen LogP contribution >= 0.6 is 0 Å². The minimum Gasteiger partial charge on any atom is -0.313 e. The Morgan fingerprint density at radius 3 is 2.29 bits per heavy atom. The number of halogens is 3. The highest BCUT2D eigenvalue weighted by atomic mass is 19.2. The van der Waals surface area contributed by atoms with Gasteiger partial charge in [-0.2, -0.15) is 0 Å². The van der Waals surface area contributed by atoms with Gasteiger partial charge in [-0.3, -0.25) is 0 Å². The van der Waals surface area contributed by atoms with E-state index < -0.39 is 17.5 Å². The molecule has 1 nitrogen and oxygen atoms in total. The Kier molecular flexibility index (Phi) is 5.05. The minimum absolute atomic E-state index is 0.236. The average Bonchev–Trinajstić information content (AvgIpc) is 2.31. The zero-order valence-electron chi connectivity index (χ0n) is 9.78. The molecule has 0 radical (unpaired) electrons. The second kappa shape index (κ2) is 6.31. The molecule has 1 rings (SSSR count). The van der Waals surface area contributed by atoms with Crippen molar-refractivity contribution in [2.75, 3.05) is 7.05 Å². The highest BCUT2D eigenvalue weighted by Gasteiger charge is 2.15.